The summed E-state index contributed by atoms with van der Waals surface area (Å²) in [6, 6.07) is 9.86. The highest BCUT2D eigenvalue weighted by Gasteiger charge is 2.20. The molecule has 11 heteroatoms. The van der Waals surface area contributed by atoms with Gasteiger partial charge in [0.2, 0.25) is 0 Å². The van der Waals surface area contributed by atoms with Crippen LogP contribution in [-0.4, -0.2) is 54.8 Å². The highest BCUT2D eigenvalue weighted by molar-refractivity contribution is 7.47. The summed E-state index contributed by atoms with van der Waals surface area (Å²) in [4.78, 5) is 27.5. The number of amides is 1. The SMILES string of the molecule is CNCCOC.NN/C(C=O)=C(\N)C(=O)NC1C=Cn2cc(-c3ccccc3)nc2P1. The summed E-state index contributed by atoms with van der Waals surface area (Å²) < 4.78 is 6.65. The summed E-state index contributed by atoms with van der Waals surface area (Å²) in [6.45, 7) is 1.74. The number of benzene rings is 1. The lowest BCUT2D eigenvalue weighted by Gasteiger charge is -2.19. The van der Waals surface area contributed by atoms with Gasteiger partial charge in [0, 0.05) is 31.6 Å². The van der Waals surface area contributed by atoms with Crippen LogP contribution in [0.15, 0.2) is 54.0 Å². The number of carbonyl (C=O) groups excluding carboxylic acids is 2. The molecule has 2 aromatic rings. The van der Waals surface area contributed by atoms with E-state index in [4.69, 9.17) is 16.3 Å². The quantitative estimate of drug-likeness (QED) is 0.0909. The molecule has 2 atom stereocenters. The average Bonchev–Trinajstić information content (AvgIpc) is 3.23. The van der Waals surface area contributed by atoms with Crippen LogP contribution in [0.25, 0.3) is 17.5 Å². The molecule has 0 saturated heterocycles. The summed E-state index contributed by atoms with van der Waals surface area (Å²) in [5, 5.41) is 5.70. The molecule has 1 amide bonds. The third-order valence-electron chi connectivity index (χ3n) is 4.18. The zero-order valence-electron chi connectivity index (χ0n) is 17.5. The van der Waals surface area contributed by atoms with Gasteiger partial charge in [-0.25, -0.2) is 4.98 Å². The van der Waals surface area contributed by atoms with E-state index in [1.54, 1.807) is 7.11 Å². The minimum absolute atomic E-state index is 0.159. The first-order valence-corrected chi connectivity index (χ1v) is 10.6. The highest BCUT2D eigenvalue weighted by atomic mass is 31.1. The second kappa shape index (κ2) is 12.6. The van der Waals surface area contributed by atoms with Crippen molar-refractivity contribution in [1.82, 2.24) is 25.6 Å². The Balaban J connectivity index is 0.000000501. The van der Waals surface area contributed by atoms with Gasteiger partial charge in [0.05, 0.1) is 18.1 Å². The van der Waals surface area contributed by atoms with Crippen LogP contribution in [0.3, 0.4) is 0 Å². The highest BCUT2D eigenvalue weighted by Crippen LogP contribution is 2.25. The molecule has 0 radical (unpaired) electrons. The molecule has 1 aromatic heterocycles. The van der Waals surface area contributed by atoms with Crippen LogP contribution in [0, 0.1) is 0 Å². The molecule has 1 aliphatic rings. The van der Waals surface area contributed by atoms with Gasteiger partial charge in [-0.3, -0.25) is 15.4 Å². The van der Waals surface area contributed by atoms with E-state index in [-0.39, 0.29) is 25.8 Å². The van der Waals surface area contributed by atoms with Gasteiger partial charge in [-0.2, -0.15) is 0 Å². The standard InChI is InChI=1S/C16H17N6O2P.C4H11NO/c17-14(12(9-23)21-18)15(24)20-13-6-7-22-8-11(19-16(22)25-13)10-4-2-1-3-5-10;1-5-3-4-6-2/h1-9,13,21,25H,17-18H2,(H,20,24);5H,3-4H2,1-2H3/b14-12-;. The molecule has 10 nitrogen and oxygen atoms in total. The molecule has 31 heavy (non-hydrogen) atoms. The number of imidazole rings is 1. The third-order valence-corrected chi connectivity index (χ3v) is 5.45. The first-order chi connectivity index (χ1) is 15.0. The Hall–Kier alpha value is -3.04. The lowest BCUT2D eigenvalue weighted by molar-refractivity contribution is -0.118. The van der Waals surface area contributed by atoms with Crippen LogP contribution < -0.4 is 33.2 Å². The number of hydrogen-bond acceptors (Lipinski definition) is 8. The number of aromatic nitrogens is 2. The van der Waals surface area contributed by atoms with E-state index in [2.05, 4.69) is 21.0 Å². The third kappa shape index (κ3) is 7.01. The van der Waals surface area contributed by atoms with Crippen LogP contribution in [0.2, 0.25) is 0 Å². The van der Waals surface area contributed by atoms with Crippen molar-refractivity contribution in [2.75, 3.05) is 27.3 Å². The van der Waals surface area contributed by atoms with Crippen LogP contribution >= 0.6 is 8.58 Å². The van der Waals surface area contributed by atoms with Crippen LogP contribution in [0.1, 0.15) is 0 Å². The van der Waals surface area contributed by atoms with E-state index in [9.17, 15) is 9.59 Å². The van der Waals surface area contributed by atoms with Gasteiger partial charge in [0.15, 0.2) is 6.29 Å². The van der Waals surface area contributed by atoms with Crippen LogP contribution in [0.5, 0.6) is 0 Å². The molecular weight excluding hydrogens is 417 g/mol. The Kier molecular flexibility index (Phi) is 9.86. The molecule has 166 valence electrons. The van der Waals surface area contributed by atoms with Gasteiger partial charge in [0.25, 0.3) is 5.91 Å². The maximum atomic E-state index is 12.1. The number of nitrogens with zero attached hydrogens (tertiary/aromatic N) is 2. The van der Waals surface area contributed by atoms with Gasteiger partial charge < -0.3 is 31.1 Å². The lowest BCUT2D eigenvalue weighted by atomic mass is 10.2. The van der Waals surface area contributed by atoms with E-state index in [0.29, 0.717) is 6.29 Å². The number of aldehydes is 1. The van der Waals surface area contributed by atoms with Gasteiger partial charge >= 0.3 is 0 Å². The number of hydrazine groups is 1. The number of rotatable bonds is 8. The topological polar surface area (TPSA) is 149 Å². The van der Waals surface area contributed by atoms with E-state index in [0.717, 1.165) is 30.0 Å². The van der Waals surface area contributed by atoms with Crippen molar-refractivity contribution in [2.24, 2.45) is 11.6 Å². The monoisotopic (exact) mass is 445 g/mol. The fraction of sp³-hybridized carbons (Fsp3) is 0.250. The minimum atomic E-state index is -0.564. The normalized spacial score (nSPS) is 15.9. The largest absolute Gasteiger partial charge is 0.392 e. The van der Waals surface area contributed by atoms with Gasteiger partial charge in [-0.15, -0.1) is 0 Å². The Bertz CT molecular complexity index is 924. The van der Waals surface area contributed by atoms with Crippen molar-refractivity contribution >= 4 is 32.5 Å². The second-order valence-electron chi connectivity index (χ2n) is 6.35. The number of nitrogens with one attached hydrogen (secondary N) is 3. The summed E-state index contributed by atoms with van der Waals surface area (Å²) in [5.41, 5.74) is 10.1. The predicted octanol–water partition coefficient (Wildman–Crippen LogP) is -0.535. The number of methoxy groups -OCH3 is 1. The summed E-state index contributed by atoms with van der Waals surface area (Å²) >= 11 is 0. The molecular formula is C20H28N7O3P. The Morgan fingerprint density at radius 1 is 1.35 bits per heavy atom. The molecule has 0 fully saturated rings. The predicted molar refractivity (Wildman–Crippen MR) is 123 cm³/mol. The Morgan fingerprint density at radius 3 is 2.68 bits per heavy atom. The molecule has 0 aliphatic carbocycles. The van der Waals surface area contributed by atoms with Crippen molar-refractivity contribution in [2.45, 2.75) is 5.78 Å². The maximum absolute atomic E-state index is 12.1. The van der Waals surface area contributed by atoms with Gasteiger partial charge in [0.1, 0.15) is 17.0 Å². The first-order valence-electron chi connectivity index (χ1n) is 9.49. The lowest BCUT2D eigenvalue weighted by Crippen LogP contribution is -2.39. The molecule has 2 heterocycles. The number of likely N-dealkylation sites (N-methyl/N-ethyl adjacent to an activating group) is 1. The minimum Gasteiger partial charge on any atom is -0.392 e. The van der Waals surface area contributed by atoms with Crippen LogP contribution in [-0.2, 0) is 14.3 Å². The number of ether oxygens (including phenoxy) is 1. The van der Waals surface area contributed by atoms with Crippen LogP contribution in [0.4, 0.5) is 0 Å². The van der Waals surface area contributed by atoms with Crippen molar-refractivity contribution in [3.05, 3.63) is 54.0 Å². The number of hydrogen-bond donors (Lipinski definition) is 5. The molecule has 3 rings (SSSR count). The summed E-state index contributed by atoms with van der Waals surface area (Å²) in [5.74, 6) is 4.33. The molecule has 7 N–H and O–H groups in total. The van der Waals surface area contributed by atoms with E-state index in [1.807, 2.05) is 60.4 Å². The average molecular weight is 445 g/mol. The number of allylic oxidation sites excluding steroid dienone is 1. The van der Waals surface area contributed by atoms with Crippen molar-refractivity contribution in [3.63, 3.8) is 0 Å². The van der Waals surface area contributed by atoms with Crippen molar-refractivity contribution < 1.29 is 14.3 Å². The fourth-order valence-electron chi connectivity index (χ4n) is 2.53. The van der Waals surface area contributed by atoms with Crippen molar-refractivity contribution in [1.29, 1.82) is 0 Å². The molecule has 1 aromatic carbocycles. The van der Waals surface area contributed by atoms with E-state index < -0.39 is 5.91 Å². The Morgan fingerprint density at radius 2 is 2.10 bits per heavy atom. The summed E-state index contributed by atoms with van der Waals surface area (Å²) in [6.07, 6.45) is 6.04. The number of fused-ring (bicyclic) bond motifs is 1. The maximum Gasteiger partial charge on any atom is 0.270 e. The zero-order chi connectivity index (χ0) is 22.6. The van der Waals surface area contributed by atoms with Crippen molar-refractivity contribution in [3.8, 4) is 11.3 Å². The van der Waals surface area contributed by atoms with E-state index in [1.165, 1.54) is 0 Å². The molecule has 2 unspecified atom stereocenters. The fourth-order valence-corrected chi connectivity index (χ4v) is 3.67. The summed E-state index contributed by atoms with van der Waals surface area (Å²) in [7, 11) is 3.82. The Labute approximate surface area is 182 Å². The number of carbonyl (C=O) groups is 2. The first kappa shape index (κ1) is 24.2. The second-order valence-corrected chi connectivity index (χ2v) is 7.70. The molecule has 1 aliphatic heterocycles. The van der Waals surface area contributed by atoms with Gasteiger partial charge in [-0.05, 0) is 21.7 Å². The van der Waals surface area contributed by atoms with E-state index >= 15 is 0 Å². The van der Waals surface area contributed by atoms with Gasteiger partial charge in [-0.1, -0.05) is 30.3 Å². The smallest absolute Gasteiger partial charge is 0.270 e. The molecule has 0 bridgehead atoms. The molecule has 0 saturated carbocycles. The zero-order valence-corrected chi connectivity index (χ0v) is 18.5. The number of nitrogens with two attached hydrogens (primary N) is 2. The molecule has 0 spiro atoms.